The molecule has 0 aliphatic carbocycles. The number of hydrogen-bond donors (Lipinski definition) is 0. The summed E-state index contributed by atoms with van der Waals surface area (Å²) in [6.45, 7) is 5.42. The fourth-order valence-corrected chi connectivity index (χ4v) is 3.35. The van der Waals surface area contributed by atoms with Gasteiger partial charge in [0, 0.05) is 24.8 Å². The summed E-state index contributed by atoms with van der Waals surface area (Å²) in [4.78, 5) is 35.0. The molecule has 0 aliphatic rings. The number of pyridine rings is 1. The van der Waals surface area contributed by atoms with Crippen molar-refractivity contribution in [2.24, 2.45) is 0 Å². The van der Waals surface area contributed by atoms with Gasteiger partial charge in [0.1, 0.15) is 5.60 Å². The van der Waals surface area contributed by atoms with E-state index in [2.05, 4.69) is 0 Å². The minimum atomic E-state index is -0.527. The van der Waals surface area contributed by atoms with E-state index in [0.717, 1.165) is 0 Å². The molecule has 0 spiro atoms. The predicted octanol–water partition coefficient (Wildman–Crippen LogP) is 3.96. The molecule has 144 valence electrons. The number of carbonyl (C=O) groups is 1. The van der Waals surface area contributed by atoms with Crippen molar-refractivity contribution in [2.75, 3.05) is 5.75 Å². The van der Waals surface area contributed by atoms with Crippen molar-refractivity contribution in [3.05, 3.63) is 63.1 Å². The molecule has 0 saturated heterocycles. The average Bonchev–Trinajstić information content (AvgIpc) is 2.57. The van der Waals surface area contributed by atoms with Crippen molar-refractivity contribution in [2.45, 2.75) is 44.1 Å². The molecule has 0 fully saturated rings. The zero-order valence-corrected chi connectivity index (χ0v) is 16.3. The van der Waals surface area contributed by atoms with Gasteiger partial charge in [0.05, 0.1) is 15.5 Å². The second-order valence-corrected chi connectivity index (χ2v) is 7.99. The van der Waals surface area contributed by atoms with Gasteiger partial charge in [0.2, 0.25) is 0 Å². The third-order valence-corrected chi connectivity index (χ3v) is 4.57. The summed E-state index contributed by atoms with van der Waals surface area (Å²) in [6.07, 6.45) is 2.39. The van der Waals surface area contributed by atoms with Gasteiger partial charge < -0.3 is 4.74 Å². The first-order valence-electron chi connectivity index (χ1n) is 8.48. The van der Waals surface area contributed by atoms with Crippen molar-refractivity contribution in [3.63, 3.8) is 0 Å². The number of ether oxygens (including phenoxy) is 1. The first-order valence-corrected chi connectivity index (χ1v) is 9.47. The van der Waals surface area contributed by atoms with Crippen LogP contribution in [0.25, 0.3) is 5.69 Å². The highest BCUT2D eigenvalue weighted by atomic mass is 32.2. The normalized spacial score (nSPS) is 11.2. The molecule has 2 aromatic rings. The zero-order chi connectivity index (χ0) is 20.0. The van der Waals surface area contributed by atoms with Crippen LogP contribution in [-0.2, 0) is 9.53 Å². The number of carbonyl (C=O) groups excluding carboxylic acids is 1. The van der Waals surface area contributed by atoms with Gasteiger partial charge in [-0.2, -0.15) is 0 Å². The number of benzene rings is 1. The Morgan fingerprint density at radius 3 is 2.63 bits per heavy atom. The molecule has 27 heavy (non-hydrogen) atoms. The summed E-state index contributed by atoms with van der Waals surface area (Å²) in [5.74, 6) is 0.231. The van der Waals surface area contributed by atoms with E-state index in [1.165, 1.54) is 28.5 Å². The van der Waals surface area contributed by atoms with Crippen LogP contribution in [0.15, 0.2) is 52.3 Å². The van der Waals surface area contributed by atoms with E-state index < -0.39 is 10.5 Å². The lowest BCUT2D eigenvalue weighted by Crippen LogP contribution is -2.23. The molecule has 0 N–H and O–H groups in total. The molecule has 7 nitrogen and oxygen atoms in total. The molecule has 0 aliphatic heterocycles. The number of nitro groups is 1. The minimum Gasteiger partial charge on any atom is -0.460 e. The monoisotopic (exact) mass is 390 g/mol. The fraction of sp³-hybridized carbons (Fsp3) is 0.368. The van der Waals surface area contributed by atoms with Crippen molar-refractivity contribution in [3.8, 4) is 5.69 Å². The topological polar surface area (TPSA) is 91.4 Å². The SMILES string of the molecule is CC(C)(C)OC(=O)CCCSc1cc(-n2ccccc2=O)ccc1[N+](=O)[O-]. The summed E-state index contributed by atoms with van der Waals surface area (Å²) in [7, 11) is 0. The van der Waals surface area contributed by atoms with E-state index in [9.17, 15) is 19.7 Å². The van der Waals surface area contributed by atoms with Gasteiger partial charge >= 0.3 is 5.97 Å². The van der Waals surface area contributed by atoms with Crippen LogP contribution >= 0.6 is 11.8 Å². The lowest BCUT2D eigenvalue weighted by molar-refractivity contribution is -0.387. The Hall–Kier alpha value is -2.61. The van der Waals surface area contributed by atoms with E-state index in [-0.39, 0.29) is 23.6 Å². The number of aromatic nitrogens is 1. The zero-order valence-electron chi connectivity index (χ0n) is 15.5. The van der Waals surface area contributed by atoms with Crippen LogP contribution < -0.4 is 5.56 Å². The molecule has 8 heteroatoms. The molecular formula is C19H22N2O5S. The second-order valence-electron chi connectivity index (χ2n) is 6.86. The molecule has 0 radical (unpaired) electrons. The highest BCUT2D eigenvalue weighted by Crippen LogP contribution is 2.31. The average molecular weight is 390 g/mol. The Labute approximate surface area is 161 Å². The number of nitro benzene ring substituents is 1. The van der Waals surface area contributed by atoms with Crippen LogP contribution in [0.4, 0.5) is 5.69 Å². The Morgan fingerprint density at radius 1 is 1.26 bits per heavy atom. The van der Waals surface area contributed by atoms with Gasteiger partial charge in [-0.05, 0) is 51.1 Å². The van der Waals surface area contributed by atoms with Gasteiger partial charge in [-0.25, -0.2) is 0 Å². The van der Waals surface area contributed by atoms with Gasteiger partial charge in [0.25, 0.3) is 11.2 Å². The standard InChI is InChI=1S/C19H22N2O5S/c1-19(2,3)26-18(23)8-6-12-27-16-13-14(9-10-15(16)21(24)25)20-11-5-4-7-17(20)22/h4-5,7,9-11,13H,6,8,12H2,1-3H3. The summed E-state index contributed by atoms with van der Waals surface area (Å²) in [6, 6.07) is 9.34. The molecule has 0 bridgehead atoms. The quantitative estimate of drug-likeness (QED) is 0.234. The summed E-state index contributed by atoms with van der Waals surface area (Å²) in [5, 5.41) is 11.3. The molecular weight excluding hydrogens is 368 g/mol. The van der Waals surface area contributed by atoms with Crippen molar-refractivity contribution in [1.29, 1.82) is 0 Å². The predicted molar refractivity (Wildman–Crippen MR) is 104 cm³/mol. The van der Waals surface area contributed by atoms with E-state index in [1.54, 1.807) is 51.2 Å². The Kier molecular flexibility index (Phi) is 6.79. The Bertz CT molecular complexity index is 886. The first-order chi connectivity index (χ1) is 12.7. The van der Waals surface area contributed by atoms with Gasteiger partial charge in [-0.3, -0.25) is 24.3 Å². The third-order valence-electron chi connectivity index (χ3n) is 3.44. The van der Waals surface area contributed by atoms with Gasteiger partial charge in [0.15, 0.2) is 0 Å². The van der Waals surface area contributed by atoms with E-state index in [4.69, 9.17) is 4.74 Å². The highest BCUT2D eigenvalue weighted by molar-refractivity contribution is 7.99. The van der Waals surface area contributed by atoms with Crippen LogP contribution in [-0.4, -0.2) is 26.8 Å². The first kappa shape index (κ1) is 20.7. The van der Waals surface area contributed by atoms with Crippen molar-refractivity contribution < 1.29 is 14.5 Å². The fourth-order valence-electron chi connectivity index (χ4n) is 2.35. The van der Waals surface area contributed by atoms with E-state index in [1.807, 2.05) is 0 Å². The van der Waals surface area contributed by atoms with Crippen LogP contribution in [0.5, 0.6) is 0 Å². The maximum absolute atomic E-state index is 12.0. The van der Waals surface area contributed by atoms with Crippen LogP contribution in [0, 0.1) is 10.1 Å². The van der Waals surface area contributed by atoms with Crippen LogP contribution in [0.2, 0.25) is 0 Å². The number of hydrogen-bond acceptors (Lipinski definition) is 6. The number of rotatable bonds is 7. The lowest BCUT2D eigenvalue weighted by Gasteiger charge is -2.19. The number of thioether (sulfide) groups is 1. The number of esters is 1. The smallest absolute Gasteiger partial charge is 0.306 e. The van der Waals surface area contributed by atoms with Crippen molar-refractivity contribution in [1.82, 2.24) is 4.57 Å². The largest absolute Gasteiger partial charge is 0.460 e. The van der Waals surface area contributed by atoms with Gasteiger partial charge in [-0.15, -0.1) is 11.8 Å². The second kappa shape index (κ2) is 8.85. The minimum absolute atomic E-state index is 0.0231. The molecule has 0 unspecified atom stereocenters. The maximum atomic E-state index is 12.0. The van der Waals surface area contributed by atoms with Crippen LogP contribution in [0.3, 0.4) is 0 Å². The molecule has 0 amide bonds. The van der Waals surface area contributed by atoms with Crippen LogP contribution in [0.1, 0.15) is 33.6 Å². The summed E-state index contributed by atoms with van der Waals surface area (Å²) < 4.78 is 6.67. The highest BCUT2D eigenvalue weighted by Gasteiger charge is 2.18. The van der Waals surface area contributed by atoms with E-state index >= 15 is 0 Å². The van der Waals surface area contributed by atoms with Crippen molar-refractivity contribution >= 4 is 23.4 Å². The summed E-state index contributed by atoms with van der Waals surface area (Å²) in [5.41, 5.74) is -0.210. The molecule has 0 atom stereocenters. The van der Waals surface area contributed by atoms with Gasteiger partial charge in [-0.1, -0.05) is 6.07 Å². The Balaban J connectivity index is 2.09. The van der Waals surface area contributed by atoms with E-state index in [0.29, 0.717) is 22.8 Å². The lowest BCUT2D eigenvalue weighted by atomic mass is 10.2. The molecule has 2 rings (SSSR count). The Morgan fingerprint density at radius 2 is 2.00 bits per heavy atom. The third kappa shape index (κ3) is 6.25. The molecule has 0 saturated carbocycles. The molecule has 1 aromatic heterocycles. The summed E-state index contributed by atoms with van der Waals surface area (Å²) >= 11 is 1.29. The molecule has 1 aromatic carbocycles. The maximum Gasteiger partial charge on any atom is 0.306 e. The molecule has 1 heterocycles. The number of nitrogens with zero attached hydrogens (tertiary/aromatic N) is 2.